The Morgan fingerprint density at radius 3 is 1.36 bits per heavy atom. The smallest absolute Gasteiger partial charge is 0.311 e. The zero-order valence-corrected chi connectivity index (χ0v) is 37.7. The van der Waals surface area contributed by atoms with Gasteiger partial charge in [-0.3, -0.25) is 19.4 Å². The van der Waals surface area contributed by atoms with E-state index in [-0.39, 0.29) is 82.9 Å². The fourth-order valence-electron chi connectivity index (χ4n) is 11.4. The molecule has 8 aliphatic rings. The highest BCUT2D eigenvalue weighted by Gasteiger charge is 2.64. The number of carbonyl (C=O) groups is 2. The van der Waals surface area contributed by atoms with Crippen LogP contribution in [-0.4, -0.2) is 145 Å². The molecule has 2 aromatic carbocycles. The summed E-state index contributed by atoms with van der Waals surface area (Å²) in [7, 11) is 0. The third-order valence-electron chi connectivity index (χ3n) is 15.8. The molecule has 0 aromatic heterocycles. The van der Waals surface area contributed by atoms with Gasteiger partial charge in [-0.2, -0.15) is 0 Å². The van der Waals surface area contributed by atoms with Gasteiger partial charge in [0.2, 0.25) is 0 Å². The summed E-state index contributed by atoms with van der Waals surface area (Å²) in [6.45, 7) is 15.2. The molecule has 2 aliphatic carbocycles. The molecule has 0 amide bonds. The molecule has 2 aromatic rings. The number of esters is 2. The van der Waals surface area contributed by atoms with Gasteiger partial charge in [-0.25, -0.2) is 8.78 Å². The number of anilines is 2. The van der Waals surface area contributed by atoms with Crippen LogP contribution in [0.3, 0.4) is 0 Å². The van der Waals surface area contributed by atoms with Crippen LogP contribution in [0.4, 0.5) is 20.2 Å². The molecule has 0 radical (unpaired) electrons. The first-order valence-corrected chi connectivity index (χ1v) is 23.6. The Morgan fingerprint density at radius 2 is 0.984 bits per heavy atom. The van der Waals surface area contributed by atoms with Crippen molar-refractivity contribution in [3.05, 3.63) is 83.5 Å². The summed E-state index contributed by atoms with van der Waals surface area (Å²) in [5, 5.41) is 21.6. The van der Waals surface area contributed by atoms with Gasteiger partial charge >= 0.3 is 11.9 Å². The van der Waals surface area contributed by atoms with Gasteiger partial charge in [0, 0.05) is 77.3 Å². The second-order valence-electron chi connectivity index (χ2n) is 20.0. The summed E-state index contributed by atoms with van der Waals surface area (Å²) in [5.74, 6) is -1.47. The largest absolute Gasteiger partial charge is 0.459 e. The maximum atomic E-state index is 14.2. The molecule has 0 saturated carbocycles. The van der Waals surface area contributed by atoms with Crippen molar-refractivity contribution in [2.75, 3.05) is 75.2 Å². The molecular weight excluding hydrogens is 823 g/mol. The quantitative estimate of drug-likeness (QED) is 0.216. The van der Waals surface area contributed by atoms with Crippen molar-refractivity contribution in [1.82, 2.24) is 9.80 Å². The molecule has 10 rings (SSSR count). The lowest BCUT2D eigenvalue weighted by Crippen LogP contribution is -2.49. The average Bonchev–Trinajstić information content (AvgIpc) is 4.09. The third-order valence-corrected chi connectivity index (χ3v) is 15.8. The molecular formula is C50H66F2N4O8. The molecule has 6 aliphatic heterocycles. The highest BCUT2D eigenvalue weighted by molar-refractivity contribution is 5.76. The number of benzene rings is 2. The minimum atomic E-state index is -0.569. The molecule has 2 N–H and O–H groups in total. The highest BCUT2D eigenvalue weighted by atomic mass is 19.1. The summed E-state index contributed by atoms with van der Waals surface area (Å²) >= 11 is 0. The second-order valence-corrected chi connectivity index (χ2v) is 20.0. The van der Waals surface area contributed by atoms with E-state index in [9.17, 15) is 28.6 Å². The number of aliphatic hydroxyl groups excluding tert-OH is 2. The van der Waals surface area contributed by atoms with E-state index in [4.69, 9.17) is 18.9 Å². The lowest BCUT2D eigenvalue weighted by atomic mass is 9.79. The van der Waals surface area contributed by atoms with Crippen molar-refractivity contribution >= 4 is 23.3 Å². The number of piperazine rings is 2. The van der Waals surface area contributed by atoms with E-state index in [1.165, 1.54) is 12.1 Å². The number of hydrogen-bond acceptors (Lipinski definition) is 12. The van der Waals surface area contributed by atoms with Gasteiger partial charge in [0.15, 0.2) is 0 Å². The fraction of sp³-hybridized carbons (Fsp3) is 0.640. The molecule has 348 valence electrons. The van der Waals surface area contributed by atoms with Gasteiger partial charge in [0.05, 0.1) is 46.6 Å². The first-order chi connectivity index (χ1) is 30.7. The van der Waals surface area contributed by atoms with E-state index < -0.39 is 12.2 Å². The number of aliphatic hydroxyl groups is 2. The zero-order valence-electron chi connectivity index (χ0n) is 37.7. The van der Waals surface area contributed by atoms with Crippen molar-refractivity contribution in [3.8, 4) is 0 Å². The van der Waals surface area contributed by atoms with Crippen molar-refractivity contribution in [1.29, 1.82) is 0 Å². The van der Waals surface area contributed by atoms with E-state index in [0.29, 0.717) is 63.5 Å². The SMILES string of the molecule is C/C1=C\CC[C@]2(C)O[C@H]2[C@@H]2OC(=O)[C@H](CN3CCN(c4ccccc4F)CC3)[C@H]2C[C@@H]1O.C/C1=C\CC[C@]2(C)O[C@H]2[C@@H]2OC(=O)[C@H](CN3CCN(c4ccccc4F)CC3)[C@H]2C[C@@H]1O. The second kappa shape index (κ2) is 18.4. The van der Waals surface area contributed by atoms with E-state index >= 15 is 0 Å². The predicted octanol–water partition coefficient (Wildman–Crippen LogP) is 5.51. The maximum absolute atomic E-state index is 14.2. The van der Waals surface area contributed by atoms with Crippen LogP contribution in [0, 0.1) is 35.3 Å². The standard InChI is InChI=1S/2C25H33FN2O4/c2*1-16-6-5-9-25(2)23(32-25)22-17(14-21(16)29)18(24(30)31-22)15-27-10-12-28(13-11-27)20-8-4-3-7-19(20)26/h2*3-4,6-8,17-18,21-23,29H,5,9-15H2,1-2H3/b2*16-6+/t2*17-,18-,21+,22-,23+,25+/m11/s1. The monoisotopic (exact) mass is 888 g/mol. The van der Waals surface area contributed by atoms with E-state index in [2.05, 4.69) is 45.6 Å². The molecule has 12 nitrogen and oxygen atoms in total. The third kappa shape index (κ3) is 9.37. The lowest BCUT2D eigenvalue weighted by Gasteiger charge is -2.37. The first-order valence-electron chi connectivity index (χ1n) is 23.6. The van der Waals surface area contributed by atoms with Crippen LogP contribution in [0.2, 0.25) is 0 Å². The predicted molar refractivity (Wildman–Crippen MR) is 238 cm³/mol. The van der Waals surface area contributed by atoms with Crippen molar-refractivity contribution < 1.29 is 47.5 Å². The minimum Gasteiger partial charge on any atom is -0.459 e. The lowest BCUT2D eigenvalue weighted by molar-refractivity contribution is -0.146. The molecule has 0 unspecified atom stereocenters. The summed E-state index contributed by atoms with van der Waals surface area (Å²) in [5.41, 5.74) is 2.70. The Bertz CT molecular complexity index is 1940. The van der Waals surface area contributed by atoms with Crippen LogP contribution in [0.1, 0.15) is 66.2 Å². The first kappa shape index (κ1) is 45.2. The summed E-state index contributed by atoms with van der Waals surface area (Å²) in [6.07, 6.45) is 6.77. The van der Waals surface area contributed by atoms with Crippen LogP contribution in [0.15, 0.2) is 71.8 Å². The molecule has 14 heteroatoms. The van der Waals surface area contributed by atoms with Gasteiger partial charge in [0.25, 0.3) is 0 Å². The number of halogens is 2. The Hall–Kier alpha value is -3.92. The molecule has 0 bridgehead atoms. The normalized spacial score (nSPS) is 39.5. The molecule has 12 atom stereocenters. The van der Waals surface area contributed by atoms with Crippen LogP contribution >= 0.6 is 0 Å². The Labute approximate surface area is 376 Å². The fourth-order valence-corrected chi connectivity index (χ4v) is 11.4. The van der Waals surface area contributed by atoms with Crippen LogP contribution < -0.4 is 9.80 Å². The number of epoxide rings is 2. The van der Waals surface area contributed by atoms with E-state index in [1.807, 2.05) is 38.1 Å². The average molecular weight is 889 g/mol. The molecule has 0 spiro atoms. The number of para-hydroxylation sites is 2. The maximum Gasteiger partial charge on any atom is 0.311 e. The molecule has 6 saturated heterocycles. The van der Waals surface area contributed by atoms with Crippen LogP contribution in [0.5, 0.6) is 0 Å². The Morgan fingerprint density at radius 1 is 0.609 bits per heavy atom. The molecule has 64 heavy (non-hydrogen) atoms. The summed E-state index contributed by atoms with van der Waals surface area (Å²) in [4.78, 5) is 34.5. The number of nitrogens with zero attached hydrogens (tertiary/aromatic N) is 4. The summed E-state index contributed by atoms with van der Waals surface area (Å²) in [6, 6.07) is 13.7. The van der Waals surface area contributed by atoms with Crippen LogP contribution in [-0.2, 0) is 28.5 Å². The summed E-state index contributed by atoms with van der Waals surface area (Å²) < 4.78 is 52.1. The number of allylic oxidation sites excluding steroid dienone is 2. The molecule has 6 fully saturated rings. The van der Waals surface area contributed by atoms with Crippen molar-refractivity contribution in [3.63, 3.8) is 0 Å². The van der Waals surface area contributed by atoms with Gasteiger partial charge in [-0.05, 0) is 102 Å². The number of hydrogen-bond donors (Lipinski definition) is 2. The number of ether oxygens (including phenoxy) is 4. The van der Waals surface area contributed by atoms with E-state index in [1.54, 1.807) is 12.1 Å². The highest BCUT2D eigenvalue weighted by Crippen LogP contribution is 2.52. The number of fused-ring (bicyclic) bond motifs is 6. The number of carbonyl (C=O) groups excluding carboxylic acids is 2. The minimum absolute atomic E-state index is 0.0737. The van der Waals surface area contributed by atoms with E-state index in [0.717, 1.165) is 63.0 Å². The van der Waals surface area contributed by atoms with Crippen LogP contribution in [0.25, 0.3) is 0 Å². The van der Waals surface area contributed by atoms with Gasteiger partial charge in [-0.1, -0.05) is 36.4 Å². The topological polar surface area (TPSA) is 131 Å². The van der Waals surface area contributed by atoms with Crippen molar-refractivity contribution in [2.45, 2.75) is 114 Å². The Balaban J connectivity index is 0.000000162. The number of rotatable bonds is 6. The Kier molecular flexibility index (Phi) is 13.0. The van der Waals surface area contributed by atoms with Gasteiger partial charge in [-0.15, -0.1) is 0 Å². The van der Waals surface area contributed by atoms with Gasteiger partial charge in [0.1, 0.15) is 36.1 Å². The molecule has 6 heterocycles. The van der Waals surface area contributed by atoms with Gasteiger partial charge < -0.3 is 39.0 Å². The van der Waals surface area contributed by atoms with Crippen molar-refractivity contribution in [2.24, 2.45) is 23.7 Å². The zero-order chi connectivity index (χ0) is 44.9.